The fraction of sp³-hybridized carbons (Fsp3) is 0.100. The lowest BCUT2D eigenvalue weighted by atomic mass is 10.2. The summed E-state index contributed by atoms with van der Waals surface area (Å²) in [5.74, 6) is 0.774. The molecule has 0 spiro atoms. The second kappa shape index (κ2) is 6.14. The molecule has 0 bridgehead atoms. The number of thioether (sulfide) groups is 1. The molecule has 5 aromatic rings. The summed E-state index contributed by atoms with van der Waals surface area (Å²) in [4.78, 5) is 4.85. The second-order valence-corrected chi connectivity index (χ2v) is 7.84. The number of hydrogen-bond acceptors (Lipinski definition) is 6. The van der Waals surface area contributed by atoms with Crippen LogP contribution in [0.2, 0.25) is 0 Å². The molecule has 0 aliphatic heterocycles. The van der Waals surface area contributed by atoms with Crippen molar-refractivity contribution in [3.05, 3.63) is 54.0 Å². The molecule has 0 aliphatic rings. The molecule has 0 fully saturated rings. The maximum absolute atomic E-state index is 8.79. The van der Waals surface area contributed by atoms with Crippen molar-refractivity contribution >= 4 is 54.6 Å². The largest absolute Gasteiger partial charge is 0.497 e. The van der Waals surface area contributed by atoms with Gasteiger partial charge in [0.2, 0.25) is 0 Å². The van der Waals surface area contributed by atoms with Crippen molar-refractivity contribution in [1.29, 1.82) is 5.41 Å². The molecule has 7 heteroatoms. The number of furan rings is 1. The van der Waals surface area contributed by atoms with Crippen LogP contribution in [-0.4, -0.2) is 22.9 Å². The number of aromatic nitrogens is 2. The number of nitrogens with zero attached hydrogens (tertiary/aromatic N) is 2. The van der Waals surface area contributed by atoms with Gasteiger partial charge in [0.15, 0.2) is 21.8 Å². The van der Waals surface area contributed by atoms with E-state index in [1.54, 1.807) is 18.4 Å². The van der Waals surface area contributed by atoms with E-state index in [2.05, 4.69) is 6.07 Å². The van der Waals surface area contributed by atoms with Crippen LogP contribution in [0.4, 0.5) is 0 Å². The molecule has 0 saturated heterocycles. The van der Waals surface area contributed by atoms with Gasteiger partial charge in [0.1, 0.15) is 16.0 Å². The summed E-state index contributed by atoms with van der Waals surface area (Å²) in [6.07, 6.45) is 1.97. The van der Waals surface area contributed by atoms with E-state index in [4.69, 9.17) is 19.5 Å². The quantitative estimate of drug-likeness (QED) is 0.338. The molecule has 0 atom stereocenters. The summed E-state index contributed by atoms with van der Waals surface area (Å²) in [7, 11) is 1.64. The first kappa shape index (κ1) is 16.4. The maximum Gasteiger partial charge on any atom is 0.197 e. The third-order valence-electron chi connectivity index (χ3n) is 4.53. The van der Waals surface area contributed by atoms with Crippen LogP contribution in [0.3, 0.4) is 0 Å². The van der Waals surface area contributed by atoms with Gasteiger partial charge in [-0.2, -0.15) is 0 Å². The highest BCUT2D eigenvalue weighted by Crippen LogP contribution is 2.39. The molecule has 2 aromatic carbocycles. The number of benzene rings is 2. The number of fused-ring (bicyclic) bond motifs is 5. The van der Waals surface area contributed by atoms with E-state index in [-0.39, 0.29) is 0 Å². The van der Waals surface area contributed by atoms with Crippen LogP contribution in [0.1, 0.15) is 0 Å². The standard InChI is InChI=1S/C20H15N3O2S2/c1-24-12-9-7-11(8-10-12)23-19(21)17-15(22-20(23)26-2)18-16(25-17)13-5-3-4-6-14(13)27-18/h3-10,21H,1-2H3. The zero-order chi connectivity index (χ0) is 18.5. The lowest BCUT2D eigenvalue weighted by Crippen LogP contribution is -2.21. The molecule has 0 amide bonds. The predicted molar refractivity (Wildman–Crippen MR) is 110 cm³/mol. The van der Waals surface area contributed by atoms with E-state index >= 15 is 0 Å². The number of ether oxygens (including phenoxy) is 1. The highest BCUT2D eigenvalue weighted by Gasteiger charge is 2.19. The van der Waals surface area contributed by atoms with Gasteiger partial charge in [0.25, 0.3) is 0 Å². The van der Waals surface area contributed by atoms with Crippen LogP contribution in [0.15, 0.2) is 58.1 Å². The van der Waals surface area contributed by atoms with Crippen molar-refractivity contribution in [2.75, 3.05) is 13.4 Å². The number of rotatable bonds is 3. The van der Waals surface area contributed by atoms with Gasteiger partial charge in [0.05, 0.1) is 7.11 Å². The van der Waals surface area contributed by atoms with Crippen molar-refractivity contribution in [3.8, 4) is 11.4 Å². The van der Waals surface area contributed by atoms with Crippen molar-refractivity contribution in [3.63, 3.8) is 0 Å². The van der Waals surface area contributed by atoms with Gasteiger partial charge < -0.3 is 9.15 Å². The monoisotopic (exact) mass is 393 g/mol. The lowest BCUT2D eigenvalue weighted by molar-refractivity contribution is 0.414. The first-order valence-corrected chi connectivity index (χ1v) is 10.3. The molecule has 3 heterocycles. The predicted octanol–water partition coefficient (Wildman–Crippen LogP) is 5.20. The Labute approximate surface area is 162 Å². The first-order valence-electron chi connectivity index (χ1n) is 8.31. The molecule has 27 heavy (non-hydrogen) atoms. The van der Waals surface area contributed by atoms with Gasteiger partial charge in [-0.15, -0.1) is 11.3 Å². The number of hydrogen-bond donors (Lipinski definition) is 1. The minimum absolute atomic E-state index is 0.294. The minimum atomic E-state index is 0.294. The van der Waals surface area contributed by atoms with Crippen LogP contribution in [0.25, 0.3) is 37.2 Å². The van der Waals surface area contributed by atoms with Crippen LogP contribution in [0.5, 0.6) is 5.75 Å². The van der Waals surface area contributed by atoms with Crippen LogP contribution in [-0.2, 0) is 0 Å². The molecule has 3 aromatic heterocycles. The average molecular weight is 393 g/mol. The number of methoxy groups -OCH3 is 1. The van der Waals surface area contributed by atoms with E-state index in [0.29, 0.717) is 11.1 Å². The van der Waals surface area contributed by atoms with Crippen LogP contribution in [0, 0.1) is 5.41 Å². The highest BCUT2D eigenvalue weighted by molar-refractivity contribution is 7.98. The Bertz CT molecular complexity index is 1360. The Morgan fingerprint density at radius 2 is 1.89 bits per heavy atom. The van der Waals surface area contributed by atoms with Crippen LogP contribution < -0.4 is 10.2 Å². The summed E-state index contributed by atoms with van der Waals surface area (Å²) in [6, 6.07) is 15.8. The smallest absolute Gasteiger partial charge is 0.197 e. The van der Waals surface area contributed by atoms with Gasteiger partial charge >= 0.3 is 0 Å². The molecular weight excluding hydrogens is 378 g/mol. The minimum Gasteiger partial charge on any atom is -0.497 e. The van der Waals surface area contributed by atoms with Gasteiger partial charge in [0, 0.05) is 15.8 Å². The van der Waals surface area contributed by atoms with Crippen molar-refractivity contribution in [2.24, 2.45) is 0 Å². The molecule has 0 aliphatic carbocycles. The summed E-state index contributed by atoms with van der Waals surface area (Å²) in [5, 5.41) is 10.6. The molecule has 134 valence electrons. The fourth-order valence-corrected chi connectivity index (χ4v) is 4.92. The molecule has 0 saturated carbocycles. The zero-order valence-corrected chi connectivity index (χ0v) is 16.3. The summed E-state index contributed by atoms with van der Waals surface area (Å²) < 4.78 is 15.4. The molecule has 5 rings (SSSR count). The molecule has 5 nitrogen and oxygen atoms in total. The van der Waals surface area contributed by atoms with E-state index in [9.17, 15) is 0 Å². The second-order valence-electron chi connectivity index (χ2n) is 6.02. The maximum atomic E-state index is 8.79. The van der Waals surface area contributed by atoms with Crippen LogP contribution >= 0.6 is 23.1 Å². The zero-order valence-electron chi connectivity index (χ0n) is 14.6. The Morgan fingerprint density at radius 1 is 1.11 bits per heavy atom. The Morgan fingerprint density at radius 3 is 2.63 bits per heavy atom. The van der Waals surface area contributed by atoms with Gasteiger partial charge in [-0.05, 0) is 42.7 Å². The topological polar surface area (TPSA) is 64.0 Å². The first-order chi connectivity index (χ1) is 13.2. The number of nitrogens with one attached hydrogen (secondary N) is 1. The third-order valence-corrected chi connectivity index (χ3v) is 6.33. The summed E-state index contributed by atoms with van der Waals surface area (Å²) in [5.41, 5.74) is 3.22. The number of thiophene rings is 1. The van der Waals surface area contributed by atoms with E-state index in [1.165, 1.54) is 16.5 Å². The van der Waals surface area contributed by atoms with Crippen molar-refractivity contribution < 1.29 is 9.15 Å². The van der Waals surface area contributed by atoms with E-state index < -0.39 is 0 Å². The average Bonchev–Trinajstić information content (AvgIpc) is 3.25. The normalized spacial score (nSPS) is 11.6. The highest BCUT2D eigenvalue weighted by atomic mass is 32.2. The Kier molecular flexibility index (Phi) is 3.73. The van der Waals surface area contributed by atoms with Crippen molar-refractivity contribution in [1.82, 2.24) is 9.55 Å². The molecule has 1 N–H and O–H groups in total. The van der Waals surface area contributed by atoms with Gasteiger partial charge in [-0.1, -0.05) is 23.9 Å². The molecular formula is C20H15N3O2S2. The van der Waals surface area contributed by atoms with E-state index in [0.717, 1.165) is 37.8 Å². The third kappa shape index (κ3) is 2.39. The summed E-state index contributed by atoms with van der Waals surface area (Å²) >= 11 is 3.17. The summed E-state index contributed by atoms with van der Waals surface area (Å²) in [6.45, 7) is 0. The fourth-order valence-electron chi connectivity index (χ4n) is 3.25. The molecule has 0 radical (unpaired) electrons. The van der Waals surface area contributed by atoms with Crippen molar-refractivity contribution in [2.45, 2.75) is 5.16 Å². The van der Waals surface area contributed by atoms with Gasteiger partial charge in [-0.25, -0.2) is 4.98 Å². The lowest BCUT2D eigenvalue weighted by Gasteiger charge is -2.12. The SMILES string of the molecule is COc1ccc(-n2c(SC)nc3c(oc4c5ccccc5sc34)c2=N)cc1. The Hall–Kier alpha value is -2.77. The van der Waals surface area contributed by atoms with E-state index in [1.807, 2.05) is 53.3 Å². The molecule has 0 unspecified atom stereocenters. The van der Waals surface area contributed by atoms with Gasteiger partial charge in [-0.3, -0.25) is 9.98 Å². The Balaban J connectivity index is 1.85.